The molecule has 0 N–H and O–H groups in total. The Kier molecular flexibility index (Phi) is 11.3. The van der Waals surface area contributed by atoms with E-state index < -0.39 is 29.6 Å². The molecule has 0 amide bonds. The van der Waals surface area contributed by atoms with E-state index in [9.17, 15) is 14.4 Å². The number of ether oxygens (including phenoxy) is 4. The summed E-state index contributed by atoms with van der Waals surface area (Å²) in [6, 6.07) is 11.0. The van der Waals surface area contributed by atoms with Crippen LogP contribution >= 0.6 is 34.8 Å². The molecule has 2 atom stereocenters. The molecule has 0 fully saturated rings. The third kappa shape index (κ3) is 8.57. The van der Waals surface area contributed by atoms with Crippen molar-refractivity contribution in [2.45, 2.75) is 51.7 Å². The number of hydrogen-bond donors (Lipinski definition) is 0. The van der Waals surface area contributed by atoms with Crippen molar-refractivity contribution < 1.29 is 33.3 Å². The Labute approximate surface area is 225 Å². The minimum atomic E-state index is -0.644. The van der Waals surface area contributed by atoms with Gasteiger partial charge in [-0.2, -0.15) is 0 Å². The first kappa shape index (κ1) is 29.7. The Morgan fingerprint density at radius 2 is 1.42 bits per heavy atom. The molecule has 0 saturated carbocycles. The molecular formula is C26H29Cl3O7. The first-order valence-corrected chi connectivity index (χ1v) is 12.5. The number of aldehydes is 1. The van der Waals surface area contributed by atoms with E-state index in [2.05, 4.69) is 0 Å². The molecule has 0 spiro atoms. The van der Waals surface area contributed by atoms with Gasteiger partial charge in [-0.1, -0.05) is 49.2 Å². The Morgan fingerprint density at radius 1 is 0.889 bits per heavy atom. The second-order valence-corrected chi connectivity index (χ2v) is 9.68. The van der Waals surface area contributed by atoms with Crippen molar-refractivity contribution in [3.05, 3.63) is 57.6 Å². The summed E-state index contributed by atoms with van der Waals surface area (Å²) < 4.78 is 21.5. The molecular weight excluding hydrogens is 531 g/mol. The highest BCUT2D eigenvalue weighted by Crippen LogP contribution is 2.40. The molecule has 36 heavy (non-hydrogen) atoms. The number of carbonyl (C=O) groups is 3. The zero-order valence-corrected chi connectivity index (χ0v) is 22.8. The zero-order chi connectivity index (χ0) is 26.9. The highest BCUT2D eigenvalue weighted by Gasteiger charge is 2.26. The highest BCUT2D eigenvalue weighted by molar-refractivity contribution is 6.37. The summed E-state index contributed by atoms with van der Waals surface area (Å²) in [7, 11) is 0. The van der Waals surface area contributed by atoms with Crippen LogP contribution < -0.4 is 9.47 Å². The summed E-state index contributed by atoms with van der Waals surface area (Å²) in [4.78, 5) is 33.1. The van der Waals surface area contributed by atoms with Gasteiger partial charge in [0.25, 0.3) is 0 Å². The van der Waals surface area contributed by atoms with Crippen molar-refractivity contribution in [2.75, 3.05) is 19.1 Å². The molecule has 0 aliphatic heterocycles. The van der Waals surface area contributed by atoms with E-state index >= 15 is 0 Å². The normalized spacial score (nSPS) is 12.9. The minimum Gasteiger partial charge on any atom is -0.490 e. The number of benzene rings is 2. The van der Waals surface area contributed by atoms with E-state index in [1.807, 2.05) is 26.0 Å². The van der Waals surface area contributed by atoms with Crippen LogP contribution in [-0.2, 0) is 29.3 Å². The standard InChI is InChI=1S/C26H29Cl3O7/c1-16(31)35-21(9-10-30)14-33-20-7-5-18(6-8-20)26(3,4)19-11-23(28)25(24(29)12-19)34-15-22(13-27)36-17(2)32/h5-8,10-12,21-22H,9,13-15H2,1-4H3. The van der Waals surface area contributed by atoms with E-state index in [4.69, 9.17) is 53.8 Å². The predicted octanol–water partition coefficient (Wildman–Crippen LogP) is 5.77. The van der Waals surface area contributed by atoms with Gasteiger partial charge in [0.05, 0.1) is 15.9 Å². The maximum absolute atomic E-state index is 11.2. The average molecular weight is 560 g/mol. The average Bonchev–Trinajstić information content (AvgIpc) is 2.81. The number of alkyl halides is 1. The first-order valence-electron chi connectivity index (χ1n) is 11.2. The molecule has 0 radical (unpaired) electrons. The predicted molar refractivity (Wildman–Crippen MR) is 139 cm³/mol. The lowest BCUT2D eigenvalue weighted by molar-refractivity contribution is -0.148. The third-order valence-electron chi connectivity index (χ3n) is 5.34. The molecule has 0 saturated heterocycles. The molecule has 0 aliphatic rings. The van der Waals surface area contributed by atoms with Gasteiger partial charge in [0.2, 0.25) is 0 Å². The fraction of sp³-hybridized carbons (Fsp3) is 0.423. The van der Waals surface area contributed by atoms with Crippen molar-refractivity contribution in [1.29, 1.82) is 0 Å². The molecule has 2 rings (SSSR count). The fourth-order valence-corrected chi connectivity index (χ4v) is 4.14. The zero-order valence-electron chi connectivity index (χ0n) is 20.5. The number of esters is 2. The van der Waals surface area contributed by atoms with Gasteiger partial charge in [0.15, 0.2) is 5.75 Å². The van der Waals surface area contributed by atoms with Crippen LogP contribution in [0, 0.1) is 0 Å². The monoisotopic (exact) mass is 558 g/mol. The number of hydrogen-bond acceptors (Lipinski definition) is 7. The van der Waals surface area contributed by atoms with Crippen molar-refractivity contribution in [3.63, 3.8) is 0 Å². The van der Waals surface area contributed by atoms with Crippen LogP contribution in [0.25, 0.3) is 0 Å². The highest BCUT2D eigenvalue weighted by atomic mass is 35.5. The van der Waals surface area contributed by atoms with Crippen LogP contribution in [0.1, 0.15) is 45.2 Å². The van der Waals surface area contributed by atoms with Crippen LogP contribution in [0.15, 0.2) is 36.4 Å². The number of carbonyl (C=O) groups excluding carboxylic acids is 3. The summed E-state index contributed by atoms with van der Waals surface area (Å²) in [5.74, 6) is -0.0125. The molecule has 0 aliphatic carbocycles. The molecule has 196 valence electrons. The van der Waals surface area contributed by atoms with Gasteiger partial charge >= 0.3 is 11.9 Å². The van der Waals surface area contributed by atoms with E-state index in [0.717, 1.165) is 11.1 Å². The third-order valence-corrected chi connectivity index (χ3v) is 6.25. The van der Waals surface area contributed by atoms with Crippen LogP contribution in [0.4, 0.5) is 0 Å². The number of halogens is 3. The Bertz CT molecular complexity index is 1030. The van der Waals surface area contributed by atoms with Gasteiger partial charge in [-0.3, -0.25) is 9.59 Å². The lowest BCUT2D eigenvalue weighted by atomic mass is 9.78. The van der Waals surface area contributed by atoms with Gasteiger partial charge in [-0.25, -0.2) is 0 Å². The Morgan fingerprint density at radius 3 is 1.92 bits per heavy atom. The lowest BCUT2D eigenvalue weighted by Gasteiger charge is -2.27. The quantitative estimate of drug-likeness (QED) is 0.175. The van der Waals surface area contributed by atoms with E-state index in [1.165, 1.54) is 13.8 Å². The molecule has 2 aromatic carbocycles. The Balaban J connectivity index is 2.14. The lowest BCUT2D eigenvalue weighted by Crippen LogP contribution is -2.26. The summed E-state index contributed by atoms with van der Waals surface area (Å²) >= 11 is 18.8. The molecule has 2 unspecified atom stereocenters. The van der Waals surface area contributed by atoms with Gasteiger partial charge < -0.3 is 23.7 Å². The van der Waals surface area contributed by atoms with E-state index in [-0.39, 0.29) is 31.3 Å². The van der Waals surface area contributed by atoms with Crippen LogP contribution in [-0.4, -0.2) is 49.5 Å². The van der Waals surface area contributed by atoms with Gasteiger partial charge in [-0.05, 0) is 35.4 Å². The minimum absolute atomic E-state index is 0.0118. The molecule has 0 heterocycles. The van der Waals surface area contributed by atoms with Crippen molar-refractivity contribution >= 4 is 53.0 Å². The first-order chi connectivity index (χ1) is 17.0. The largest absolute Gasteiger partial charge is 0.490 e. The van der Waals surface area contributed by atoms with Crippen LogP contribution in [0.2, 0.25) is 10.0 Å². The van der Waals surface area contributed by atoms with Crippen LogP contribution in [0.3, 0.4) is 0 Å². The van der Waals surface area contributed by atoms with E-state index in [0.29, 0.717) is 22.1 Å². The van der Waals surface area contributed by atoms with Crippen molar-refractivity contribution in [1.82, 2.24) is 0 Å². The smallest absolute Gasteiger partial charge is 0.303 e. The summed E-state index contributed by atoms with van der Waals surface area (Å²) in [5.41, 5.74) is 1.35. The molecule has 0 aromatic heterocycles. The molecule has 0 bridgehead atoms. The fourth-order valence-electron chi connectivity index (χ4n) is 3.40. The second kappa shape index (κ2) is 13.7. The van der Waals surface area contributed by atoms with E-state index in [1.54, 1.807) is 24.3 Å². The van der Waals surface area contributed by atoms with Gasteiger partial charge in [0.1, 0.15) is 37.5 Å². The summed E-state index contributed by atoms with van der Waals surface area (Å²) in [5, 5.41) is 0.627. The summed E-state index contributed by atoms with van der Waals surface area (Å²) in [6.45, 7) is 6.70. The SMILES string of the molecule is CC(=O)OC(CC=O)COc1ccc(C(C)(C)c2cc(Cl)c(OCC(CCl)OC(C)=O)c(Cl)c2)cc1. The number of rotatable bonds is 13. The van der Waals surface area contributed by atoms with Gasteiger partial charge in [0, 0.05) is 25.7 Å². The maximum atomic E-state index is 11.2. The molecule has 10 heteroatoms. The second-order valence-electron chi connectivity index (χ2n) is 8.56. The topological polar surface area (TPSA) is 88.1 Å². The maximum Gasteiger partial charge on any atom is 0.303 e. The molecule has 7 nitrogen and oxygen atoms in total. The summed E-state index contributed by atoms with van der Waals surface area (Å²) in [6.07, 6.45) is -0.529. The van der Waals surface area contributed by atoms with Crippen molar-refractivity contribution in [3.8, 4) is 11.5 Å². The van der Waals surface area contributed by atoms with Crippen LogP contribution in [0.5, 0.6) is 11.5 Å². The van der Waals surface area contributed by atoms with Gasteiger partial charge in [-0.15, -0.1) is 11.6 Å². The molecule has 2 aromatic rings. The van der Waals surface area contributed by atoms with Crippen molar-refractivity contribution in [2.24, 2.45) is 0 Å². The Hall–Kier alpha value is -2.48.